The zero-order valence-electron chi connectivity index (χ0n) is 19.5. The highest BCUT2D eigenvalue weighted by atomic mass is 16.5. The van der Waals surface area contributed by atoms with Crippen LogP contribution in [-0.2, 0) is 25.7 Å². The summed E-state index contributed by atoms with van der Waals surface area (Å²) in [5.74, 6) is -0.341. The van der Waals surface area contributed by atoms with Gasteiger partial charge in [-0.25, -0.2) is 9.59 Å². The summed E-state index contributed by atoms with van der Waals surface area (Å²) in [6, 6.07) is 16.0. The summed E-state index contributed by atoms with van der Waals surface area (Å²) in [5, 5.41) is 18.4. The molecular weight excluding hydrogens is 436 g/mol. The lowest BCUT2D eigenvalue weighted by Crippen LogP contribution is -2.04. The standard InChI is InChI=1S/C27H28O7/c1-32-23-14-18(8-13-22(23)27(30)31)7-12-21-16-25(34-3)24(33-2)15-20(21)11-6-17-4-9-19(10-5-17)26(28)29/h4-5,8-10,13-16H,6-7,11-12H2,1-3H3,(H,28,29)(H,30,31). The number of benzene rings is 3. The number of carboxylic acid groups (broad SMARTS) is 2. The van der Waals surface area contributed by atoms with E-state index >= 15 is 0 Å². The van der Waals surface area contributed by atoms with E-state index in [-0.39, 0.29) is 11.1 Å². The second-order valence-electron chi connectivity index (χ2n) is 7.82. The molecule has 0 radical (unpaired) electrons. The summed E-state index contributed by atoms with van der Waals surface area (Å²) < 4.78 is 16.2. The molecule has 178 valence electrons. The van der Waals surface area contributed by atoms with Gasteiger partial charge in [0.05, 0.1) is 26.9 Å². The van der Waals surface area contributed by atoms with Gasteiger partial charge < -0.3 is 24.4 Å². The first-order valence-corrected chi connectivity index (χ1v) is 10.8. The highest BCUT2D eigenvalue weighted by molar-refractivity contribution is 5.91. The Labute approximate surface area is 198 Å². The molecule has 0 bridgehead atoms. The maximum atomic E-state index is 11.4. The minimum Gasteiger partial charge on any atom is -0.496 e. The minimum atomic E-state index is -1.03. The molecule has 0 saturated carbocycles. The molecular formula is C27H28O7. The molecule has 3 rings (SSSR count). The van der Waals surface area contributed by atoms with E-state index in [0.717, 1.165) is 35.1 Å². The second-order valence-corrected chi connectivity index (χ2v) is 7.82. The number of carbonyl (C=O) groups is 2. The molecule has 7 nitrogen and oxygen atoms in total. The van der Waals surface area contributed by atoms with Crippen LogP contribution >= 0.6 is 0 Å². The van der Waals surface area contributed by atoms with Crippen LogP contribution in [0.15, 0.2) is 54.6 Å². The van der Waals surface area contributed by atoms with E-state index in [1.54, 1.807) is 44.6 Å². The quantitative estimate of drug-likeness (QED) is 0.425. The third kappa shape index (κ3) is 5.86. The fraction of sp³-hybridized carbons (Fsp3) is 0.259. The Balaban J connectivity index is 1.82. The Hall–Kier alpha value is -4.00. The highest BCUT2D eigenvalue weighted by Gasteiger charge is 2.14. The van der Waals surface area contributed by atoms with Gasteiger partial charge in [0.2, 0.25) is 0 Å². The average Bonchev–Trinajstić information content (AvgIpc) is 2.85. The normalized spacial score (nSPS) is 10.6. The molecule has 0 aromatic heterocycles. The number of carboxylic acids is 2. The van der Waals surface area contributed by atoms with Crippen molar-refractivity contribution in [2.75, 3.05) is 21.3 Å². The fourth-order valence-corrected chi connectivity index (χ4v) is 3.87. The van der Waals surface area contributed by atoms with Gasteiger partial charge >= 0.3 is 11.9 Å². The summed E-state index contributed by atoms with van der Waals surface area (Å²) >= 11 is 0. The Morgan fingerprint density at radius 3 is 1.59 bits per heavy atom. The van der Waals surface area contributed by atoms with Crippen molar-refractivity contribution in [2.45, 2.75) is 25.7 Å². The number of ether oxygens (including phenoxy) is 3. The van der Waals surface area contributed by atoms with Gasteiger partial charge in [0.25, 0.3) is 0 Å². The molecule has 3 aromatic carbocycles. The van der Waals surface area contributed by atoms with E-state index in [1.165, 1.54) is 7.11 Å². The molecule has 0 unspecified atom stereocenters. The highest BCUT2D eigenvalue weighted by Crippen LogP contribution is 2.32. The molecule has 0 saturated heterocycles. The first kappa shape index (κ1) is 24.6. The SMILES string of the molecule is COc1cc(CCc2ccc(C(=O)O)cc2)c(CCc2ccc(C(=O)O)c(OC)c2)cc1OC. The predicted molar refractivity (Wildman–Crippen MR) is 128 cm³/mol. The monoisotopic (exact) mass is 464 g/mol. The van der Waals surface area contributed by atoms with Gasteiger partial charge in [0.15, 0.2) is 11.5 Å². The number of methoxy groups -OCH3 is 3. The van der Waals surface area contributed by atoms with E-state index in [4.69, 9.17) is 19.3 Å². The molecule has 0 atom stereocenters. The average molecular weight is 465 g/mol. The number of hydrogen-bond acceptors (Lipinski definition) is 5. The van der Waals surface area contributed by atoms with Crippen LogP contribution in [-0.4, -0.2) is 43.5 Å². The maximum Gasteiger partial charge on any atom is 0.339 e. The first-order chi connectivity index (χ1) is 16.4. The molecule has 7 heteroatoms. The zero-order valence-corrected chi connectivity index (χ0v) is 19.5. The number of aromatic carboxylic acids is 2. The van der Waals surface area contributed by atoms with Gasteiger partial charge in [-0.1, -0.05) is 18.2 Å². The van der Waals surface area contributed by atoms with Crippen LogP contribution in [0.25, 0.3) is 0 Å². The van der Waals surface area contributed by atoms with Gasteiger partial charge in [-0.3, -0.25) is 0 Å². The first-order valence-electron chi connectivity index (χ1n) is 10.8. The van der Waals surface area contributed by atoms with Gasteiger partial charge in [0, 0.05) is 0 Å². The molecule has 2 N–H and O–H groups in total. The molecule has 0 aliphatic heterocycles. The second kappa shape index (κ2) is 11.2. The van der Waals surface area contributed by atoms with Crippen molar-refractivity contribution in [2.24, 2.45) is 0 Å². The third-order valence-corrected chi connectivity index (χ3v) is 5.77. The summed E-state index contributed by atoms with van der Waals surface area (Å²) in [5.41, 5.74) is 4.61. The van der Waals surface area contributed by atoms with E-state index in [9.17, 15) is 14.7 Å². The number of hydrogen-bond donors (Lipinski definition) is 2. The summed E-state index contributed by atoms with van der Waals surface area (Å²) in [6.07, 6.45) is 2.88. The van der Waals surface area contributed by atoms with E-state index in [1.807, 2.05) is 24.3 Å². The van der Waals surface area contributed by atoms with Crippen LogP contribution in [0.4, 0.5) is 0 Å². The van der Waals surface area contributed by atoms with Crippen molar-refractivity contribution in [1.29, 1.82) is 0 Å². The largest absolute Gasteiger partial charge is 0.496 e. The number of aryl methyl sites for hydroxylation is 4. The number of rotatable bonds is 11. The summed E-state index contributed by atoms with van der Waals surface area (Å²) in [7, 11) is 4.66. The van der Waals surface area contributed by atoms with Crippen LogP contribution in [0.5, 0.6) is 17.2 Å². The van der Waals surface area contributed by atoms with E-state index in [2.05, 4.69) is 0 Å². The Kier molecular flexibility index (Phi) is 8.14. The molecule has 0 amide bonds. The summed E-state index contributed by atoms with van der Waals surface area (Å²) in [4.78, 5) is 22.4. The Morgan fingerprint density at radius 2 is 1.12 bits per heavy atom. The summed E-state index contributed by atoms with van der Waals surface area (Å²) in [6.45, 7) is 0. The zero-order chi connectivity index (χ0) is 24.7. The van der Waals surface area contributed by atoms with E-state index in [0.29, 0.717) is 30.1 Å². The van der Waals surface area contributed by atoms with Crippen LogP contribution < -0.4 is 14.2 Å². The van der Waals surface area contributed by atoms with Crippen molar-refractivity contribution >= 4 is 11.9 Å². The minimum absolute atomic E-state index is 0.131. The van der Waals surface area contributed by atoms with Crippen molar-refractivity contribution in [3.05, 3.63) is 88.0 Å². The lowest BCUT2D eigenvalue weighted by atomic mass is 9.94. The van der Waals surface area contributed by atoms with E-state index < -0.39 is 11.9 Å². The molecule has 34 heavy (non-hydrogen) atoms. The molecule has 0 spiro atoms. The lowest BCUT2D eigenvalue weighted by Gasteiger charge is -2.16. The predicted octanol–water partition coefficient (Wildman–Crippen LogP) is 4.68. The van der Waals surface area contributed by atoms with Crippen LogP contribution in [0, 0.1) is 0 Å². The van der Waals surface area contributed by atoms with Crippen molar-refractivity contribution in [3.63, 3.8) is 0 Å². The van der Waals surface area contributed by atoms with Crippen molar-refractivity contribution < 1.29 is 34.0 Å². The third-order valence-electron chi connectivity index (χ3n) is 5.77. The van der Waals surface area contributed by atoms with Gasteiger partial charge in [-0.15, -0.1) is 0 Å². The Morgan fingerprint density at radius 1 is 0.618 bits per heavy atom. The molecule has 0 fully saturated rings. The molecule has 0 aliphatic rings. The Bertz CT molecular complexity index is 1170. The van der Waals surface area contributed by atoms with Gasteiger partial charge in [-0.2, -0.15) is 0 Å². The topological polar surface area (TPSA) is 102 Å². The smallest absolute Gasteiger partial charge is 0.339 e. The fourth-order valence-electron chi connectivity index (χ4n) is 3.87. The molecule has 0 heterocycles. The lowest BCUT2D eigenvalue weighted by molar-refractivity contribution is 0.0684. The van der Waals surface area contributed by atoms with Gasteiger partial charge in [0.1, 0.15) is 11.3 Å². The van der Waals surface area contributed by atoms with Gasteiger partial charge in [-0.05, 0) is 84.3 Å². The van der Waals surface area contributed by atoms with Crippen LogP contribution in [0.2, 0.25) is 0 Å². The van der Waals surface area contributed by atoms with Crippen molar-refractivity contribution in [3.8, 4) is 17.2 Å². The van der Waals surface area contributed by atoms with Crippen molar-refractivity contribution in [1.82, 2.24) is 0 Å². The molecule has 0 aliphatic carbocycles. The van der Waals surface area contributed by atoms with Crippen LogP contribution in [0.1, 0.15) is 43.0 Å². The maximum absolute atomic E-state index is 11.4. The molecule has 3 aromatic rings. The van der Waals surface area contributed by atoms with Crippen LogP contribution in [0.3, 0.4) is 0 Å².